The number of carbonyl (C=O) groups excluding carboxylic acids is 1. The second-order valence-electron chi connectivity index (χ2n) is 6.48. The first-order valence-electron chi connectivity index (χ1n) is 6.40. The molecule has 1 aliphatic carbocycles. The molecule has 1 N–H and O–H groups in total. The molecule has 0 unspecified atom stereocenters. The Balaban J connectivity index is 2.29. The average molecular weight is 245 g/mol. The normalized spacial score (nSPS) is 36.3. The lowest BCUT2D eigenvalue weighted by Crippen LogP contribution is -2.57. The predicted octanol–water partition coefficient (Wildman–Crippen LogP) is 3.08. The number of benzene rings is 1. The highest BCUT2D eigenvalue weighted by Gasteiger charge is 2.61. The van der Waals surface area contributed by atoms with Crippen molar-refractivity contribution in [1.82, 2.24) is 5.32 Å². The maximum Gasteiger partial charge on any atom is 0.408 e. The van der Waals surface area contributed by atoms with E-state index in [2.05, 4.69) is 44.3 Å². The monoisotopic (exact) mass is 245 g/mol. The van der Waals surface area contributed by atoms with E-state index in [1.54, 1.807) is 0 Å². The summed E-state index contributed by atoms with van der Waals surface area (Å²) in [6, 6.07) is 8.34. The van der Waals surface area contributed by atoms with Crippen LogP contribution < -0.4 is 5.32 Å². The van der Waals surface area contributed by atoms with Crippen LogP contribution >= 0.6 is 0 Å². The molecule has 2 aliphatic rings. The average Bonchev–Trinajstić information content (AvgIpc) is 2.48. The molecule has 1 aromatic rings. The van der Waals surface area contributed by atoms with Gasteiger partial charge in [-0.05, 0) is 36.8 Å². The second-order valence-corrected chi connectivity index (χ2v) is 6.48. The second kappa shape index (κ2) is 3.08. The fourth-order valence-corrected chi connectivity index (χ4v) is 3.68. The van der Waals surface area contributed by atoms with Crippen LogP contribution in [0.1, 0.15) is 45.2 Å². The van der Waals surface area contributed by atoms with Gasteiger partial charge in [-0.15, -0.1) is 0 Å². The quantitative estimate of drug-likeness (QED) is 0.762. The van der Waals surface area contributed by atoms with Crippen molar-refractivity contribution >= 4 is 6.09 Å². The molecule has 1 aromatic carbocycles. The zero-order chi connectivity index (χ0) is 13.2. The smallest absolute Gasteiger partial charge is 0.408 e. The van der Waals surface area contributed by atoms with Crippen molar-refractivity contribution in [2.24, 2.45) is 0 Å². The van der Waals surface area contributed by atoms with E-state index in [-0.39, 0.29) is 11.5 Å². The summed E-state index contributed by atoms with van der Waals surface area (Å²) >= 11 is 0. The number of fused-ring (bicyclic) bond motifs is 3. The molecule has 0 radical (unpaired) electrons. The molecule has 96 valence electrons. The highest BCUT2D eigenvalue weighted by molar-refractivity contribution is 5.74. The minimum Gasteiger partial charge on any atom is -0.440 e. The van der Waals surface area contributed by atoms with Crippen LogP contribution in [0.25, 0.3) is 0 Å². The van der Waals surface area contributed by atoms with Gasteiger partial charge in [0.05, 0.1) is 0 Å². The number of hydrogen-bond acceptors (Lipinski definition) is 2. The molecule has 1 heterocycles. The van der Waals surface area contributed by atoms with Crippen molar-refractivity contribution in [2.75, 3.05) is 0 Å². The van der Waals surface area contributed by atoms with Crippen molar-refractivity contribution in [2.45, 2.75) is 50.7 Å². The molecule has 18 heavy (non-hydrogen) atoms. The van der Waals surface area contributed by atoms with Crippen molar-refractivity contribution in [1.29, 1.82) is 0 Å². The SMILES string of the molecule is CC1(C)C[C@@]2(C)OC(=O)N[C@@]2(C)c2ccccc21. The molecule has 0 saturated carbocycles. The fourth-order valence-electron chi connectivity index (χ4n) is 3.68. The van der Waals surface area contributed by atoms with Gasteiger partial charge in [0.15, 0.2) is 0 Å². The Morgan fingerprint density at radius 3 is 2.39 bits per heavy atom. The van der Waals surface area contributed by atoms with Crippen LogP contribution in [0.5, 0.6) is 0 Å². The number of carbonyl (C=O) groups is 1. The fraction of sp³-hybridized carbons (Fsp3) is 0.533. The molecule has 1 fully saturated rings. The Bertz CT molecular complexity index is 537. The van der Waals surface area contributed by atoms with Gasteiger partial charge < -0.3 is 10.1 Å². The van der Waals surface area contributed by atoms with Gasteiger partial charge in [-0.1, -0.05) is 38.1 Å². The van der Waals surface area contributed by atoms with Gasteiger partial charge >= 0.3 is 6.09 Å². The Morgan fingerprint density at radius 1 is 1.11 bits per heavy atom. The Morgan fingerprint density at radius 2 is 1.72 bits per heavy atom. The van der Waals surface area contributed by atoms with E-state index < -0.39 is 11.1 Å². The largest absolute Gasteiger partial charge is 0.440 e. The summed E-state index contributed by atoms with van der Waals surface area (Å²) in [4.78, 5) is 11.7. The number of rotatable bonds is 0. The minimum atomic E-state index is -0.484. The van der Waals surface area contributed by atoms with Gasteiger partial charge in [0.2, 0.25) is 0 Å². The highest BCUT2D eigenvalue weighted by Crippen LogP contribution is 2.53. The number of hydrogen-bond donors (Lipinski definition) is 1. The maximum atomic E-state index is 11.7. The van der Waals surface area contributed by atoms with Crippen LogP contribution in [-0.4, -0.2) is 11.7 Å². The van der Waals surface area contributed by atoms with Crippen molar-refractivity contribution in [3.05, 3.63) is 35.4 Å². The van der Waals surface area contributed by atoms with E-state index in [0.29, 0.717) is 0 Å². The zero-order valence-corrected chi connectivity index (χ0v) is 11.3. The summed E-state index contributed by atoms with van der Waals surface area (Å²) < 4.78 is 5.60. The summed E-state index contributed by atoms with van der Waals surface area (Å²) in [6.45, 7) is 8.51. The molecule has 3 rings (SSSR count). The van der Waals surface area contributed by atoms with E-state index in [9.17, 15) is 4.79 Å². The summed E-state index contributed by atoms with van der Waals surface area (Å²) in [6.07, 6.45) is 0.513. The van der Waals surface area contributed by atoms with E-state index in [1.807, 2.05) is 13.0 Å². The molecular weight excluding hydrogens is 226 g/mol. The van der Waals surface area contributed by atoms with Gasteiger partial charge in [-0.2, -0.15) is 0 Å². The lowest BCUT2D eigenvalue weighted by Gasteiger charge is -2.49. The van der Waals surface area contributed by atoms with Gasteiger partial charge in [0.1, 0.15) is 11.1 Å². The van der Waals surface area contributed by atoms with Gasteiger partial charge in [0, 0.05) is 0 Å². The Hall–Kier alpha value is -1.51. The van der Waals surface area contributed by atoms with Crippen LogP contribution in [0, 0.1) is 0 Å². The minimum absolute atomic E-state index is 0.0111. The number of nitrogens with one attached hydrogen (secondary N) is 1. The van der Waals surface area contributed by atoms with E-state index in [0.717, 1.165) is 6.42 Å². The molecule has 0 aromatic heterocycles. The molecule has 1 saturated heterocycles. The Labute approximate surface area is 108 Å². The summed E-state index contributed by atoms with van der Waals surface area (Å²) in [5, 5.41) is 3.01. The van der Waals surface area contributed by atoms with Gasteiger partial charge in [0.25, 0.3) is 0 Å². The molecule has 1 amide bonds. The van der Waals surface area contributed by atoms with Crippen molar-refractivity contribution < 1.29 is 9.53 Å². The third kappa shape index (κ3) is 1.22. The van der Waals surface area contributed by atoms with Gasteiger partial charge in [-0.3, -0.25) is 0 Å². The van der Waals surface area contributed by atoms with Crippen LogP contribution in [0.15, 0.2) is 24.3 Å². The van der Waals surface area contributed by atoms with Gasteiger partial charge in [-0.25, -0.2) is 4.79 Å². The summed E-state index contributed by atoms with van der Waals surface area (Å²) in [5.41, 5.74) is 1.57. The third-order valence-electron chi connectivity index (χ3n) is 4.70. The van der Waals surface area contributed by atoms with Crippen LogP contribution in [0.4, 0.5) is 4.79 Å². The Kier molecular flexibility index (Phi) is 1.98. The van der Waals surface area contributed by atoms with E-state index in [4.69, 9.17) is 4.74 Å². The lowest BCUT2D eigenvalue weighted by molar-refractivity contribution is -0.0137. The summed E-state index contributed by atoms with van der Waals surface area (Å²) in [5.74, 6) is 0. The maximum absolute atomic E-state index is 11.7. The first kappa shape index (κ1) is 11.6. The zero-order valence-electron chi connectivity index (χ0n) is 11.3. The molecule has 0 spiro atoms. The summed E-state index contributed by atoms with van der Waals surface area (Å²) in [7, 11) is 0. The van der Waals surface area contributed by atoms with Crippen LogP contribution in [0.2, 0.25) is 0 Å². The van der Waals surface area contributed by atoms with Crippen molar-refractivity contribution in [3.63, 3.8) is 0 Å². The van der Waals surface area contributed by atoms with E-state index >= 15 is 0 Å². The number of alkyl carbamates (subject to hydrolysis) is 1. The molecule has 3 nitrogen and oxygen atoms in total. The molecule has 2 atom stereocenters. The molecular formula is C15H19NO2. The number of amides is 1. The first-order valence-corrected chi connectivity index (χ1v) is 6.40. The highest BCUT2D eigenvalue weighted by atomic mass is 16.6. The molecule has 0 bridgehead atoms. The lowest BCUT2D eigenvalue weighted by atomic mass is 9.59. The standard InChI is InChI=1S/C15H19NO2/c1-13(2)9-14(3)15(4,16-12(17)18-14)11-8-6-5-7-10(11)13/h5-8H,9H2,1-4H3,(H,16,17)/t14-,15+/m1/s1. The number of ether oxygens (including phenoxy) is 1. The van der Waals surface area contributed by atoms with Crippen LogP contribution in [0.3, 0.4) is 0 Å². The molecule has 1 aliphatic heterocycles. The van der Waals surface area contributed by atoms with E-state index in [1.165, 1.54) is 11.1 Å². The molecule has 3 heteroatoms. The topological polar surface area (TPSA) is 38.3 Å². The van der Waals surface area contributed by atoms with Crippen LogP contribution in [-0.2, 0) is 15.7 Å². The first-order chi connectivity index (χ1) is 8.29. The van der Waals surface area contributed by atoms with Crippen molar-refractivity contribution in [3.8, 4) is 0 Å². The predicted molar refractivity (Wildman–Crippen MR) is 69.5 cm³/mol. The third-order valence-corrected chi connectivity index (χ3v) is 4.70.